The molecule has 0 aliphatic heterocycles. The van der Waals surface area contributed by atoms with Crippen LogP contribution in [0.1, 0.15) is 38.3 Å². The number of nitrogens with zero attached hydrogens (tertiary/aromatic N) is 1. The molecule has 0 spiro atoms. The Hall–Kier alpha value is -0.990. The first-order chi connectivity index (χ1) is 5.93. The van der Waals surface area contributed by atoms with Crippen LogP contribution in [0.5, 0.6) is 0 Å². The molecular weight excluding hydrogens is 172 g/mol. The van der Waals surface area contributed by atoms with Crippen molar-refractivity contribution in [2.45, 2.75) is 32.6 Å². The van der Waals surface area contributed by atoms with Crippen molar-refractivity contribution in [1.29, 1.82) is 0 Å². The predicted molar refractivity (Wildman–Crippen MR) is 47.9 cm³/mol. The normalized spacial score (nSPS) is 12.2. The quantitative estimate of drug-likeness (QED) is 0.654. The van der Waals surface area contributed by atoms with Crippen LogP contribution in [0.4, 0.5) is 8.78 Å². The van der Waals surface area contributed by atoms with E-state index in [1.54, 1.807) is 12.3 Å². The van der Waals surface area contributed by atoms with Crippen molar-refractivity contribution in [2.75, 3.05) is 0 Å². The van der Waals surface area contributed by atoms with Crippen molar-refractivity contribution < 1.29 is 8.78 Å². The highest BCUT2D eigenvalue weighted by atomic mass is 19.3. The number of halogens is 2. The Labute approximate surface area is 76.8 Å². The van der Waals surface area contributed by atoms with Crippen LogP contribution in [0, 0.1) is 0 Å². The first-order valence-electron chi connectivity index (χ1n) is 4.15. The second-order valence-electron chi connectivity index (χ2n) is 4.01. The molecule has 0 unspecified atom stereocenters. The number of hydrogen-bond acceptors (Lipinski definition) is 1. The van der Waals surface area contributed by atoms with Gasteiger partial charge in [-0.1, -0.05) is 20.8 Å². The monoisotopic (exact) mass is 185 g/mol. The topological polar surface area (TPSA) is 12.9 Å². The molecule has 0 N–H and O–H groups in total. The molecule has 1 aromatic rings. The Morgan fingerprint density at radius 3 is 2.31 bits per heavy atom. The second kappa shape index (κ2) is 3.40. The van der Waals surface area contributed by atoms with Crippen molar-refractivity contribution in [1.82, 2.24) is 4.98 Å². The number of pyridine rings is 1. The van der Waals surface area contributed by atoms with E-state index in [9.17, 15) is 8.78 Å². The summed E-state index contributed by atoms with van der Waals surface area (Å²) in [6.45, 7) is 5.73. The van der Waals surface area contributed by atoms with E-state index in [-0.39, 0.29) is 11.0 Å². The van der Waals surface area contributed by atoms with E-state index in [1.165, 1.54) is 6.20 Å². The summed E-state index contributed by atoms with van der Waals surface area (Å²) in [7, 11) is 0. The third kappa shape index (κ3) is 2.23. The van der Waals surface area contributed by atoms with Gasteiger partial charge in [0.05, 0.1) is 0 Å². The Kier molecular flexibility index (Phi) is 2.64. The lowest BCUT2D eigenvalue weighted by atomic mass is 9.85. The van der Waals surface area contributed by atoms with Crippen LogP contribution >= 0.6 is 0 Å². The molecule has 0 bridgehead atoms. The van der Waals surface area contributed by atoms with Crippen LogP contribution < -0.4 is 0 Å². The third-order valence-corrected chi connectivity index (χ3v) is 1.90. The van der Waals surface area contributed by atoms with Gasteiger partial charge in [-0.05, 0) is 17.0 Å². The molecule has 1 heterocycles. The van der Waals surface area contributed by atoms with E-state index in [4.69, 9.17) is 0 Å². The van der Waals surface area contributed by atoms with Gasteiger partial charge in [-0.3, -0.25) is 4.98 Å². The number of rotatable bonds is 1. The first kappa shape index (κ1) is 10.1. The molecule has 0 amide bonds. The molecule has 0 radical (unpaired) electrons. The lowest BCUT2D eigenvalue weighted by Gasteiger charge is -2.21. The van der Waals surface area contributed by atoms with Crippen molar-refractivity contribution >= 4 is 0 Å². The summed E-state index contributed by atoms with van der Waals surface area (Å²) in [5.41, 5.74) is 0.446. The number of alkyl halides is 2. The Morgan fingerprint density at radius 2 is 1.92 bits per heavy atom. The number of hydrogen-bond donors (Lipinski definition) is 0. The third-order valence-electron chi connectivity index (χ3n) is 1.90. The Bertz CT molecular complexity index is 289. The summed E-state index contributed by atoms with van der Waals surface area (Å²) in [4.78, 5) is 3.70. The zero-order chi connectivity index (χ0) is 10.1. The zero-order valence-electron chi connectivity index (χ0n) is 8.01. The molecule has 13 heavy (non-hydrogen) atoms. The van der Waals surface area contributed by atoms with Crippen molar-refractivity contribution in [3.8, 4) is 0 Å². The maximum atomic E-state index is 12.5. The van der Waals surface area contributed by atoms with Crippen molar-refractivity contribution in [3.05, 3.63) is 29.6 Å². The average molecular weight is 185 g/mol. The lowest BCUT2D eigenvalue weighted by molar-refractivity contribution is 0.148. The smallest absolute Gasteiger partial charge is 0.264 e. The molecule has 72 valence electrons. The highest BCUT2D eigenvalue weighted by Gasteiger charge is 2.22. The maximum Gasteiger partial charge on any atom is 0.265 e. The summed E-state index contributed by atoms with van der Waals surface area (Å²) >= 11 is 0. The van der Waals surface area contributed by atoms with Gasteiger partial charge in [-0.15, -0.1) is 0 Å². The summed E-state index contributed by atoms with van der Waals surface area (Å²) in [5, 5.41) is 0. The summed E-state index contributed by atoms with van der Waals surface area (Å²) in [6.07, 6.45) is 0.348. The molecule has 1 nitrogen and oxygen atoms in total. The molecule has 1 rings (SSSR count). The molecule has 1 aromatic heterocycles. The Balaban J connectivity index is 3.20. The SMILES string of the molecule is CC(C)(C)c1ccncc1C(F)F. The molecule has 0 aliphatic carbocycles. The fourth-order valence-electron chi connectivity index (χ4n) is 1.26. The standard InChI is InChI=1S/C10H13F2N/c1-10(2,3)8-4-5-13-6-7(8)9(11)12/h4-6,9H,1-3H3. The van der Waals surface area contributed by atoms with Gasteiger partial charge < -0.3 is 0 Å². The lowest BCUT2D eigenvalue weighted by Crippen LogP contribution is -2.14. The minimum absolute atomic E-state index is 0.0370. The maximum absolute atomic E-state index is 12.5. The van der Waals surface area contributed by atoms with Gasteiger partial charge in [0, 0.05) is 18.0 Å². The highest BCUT2D eigenvalue weighted by Crippen LogP contribution is 2.30. The average Bonchev–Trinajstić information content (AvgIpc) is 2.03. The van der Waals surface area contributed by atoms with Gasteiger partial charge in [0.25, 0.3) is 6.43 Å². The second-order valence-corrected chi connectivity index (χ2v) is 4.01. The largest absolute Gasteiger partial charge is 0.265 e. The molecule has 0 fully saturated rings. The Morgan fingerprint density at radius 1 is 1.31 bits per heavy atom. The molecule has 0 saturated heterocycles. The van der Waals surface area contributed by atoms with E-state index in [2.05, 4.69) is 4.98 Å². The van der Waals surface area contributed by atoms with Gasteiger partial charge in [0.15, 0.2) is 0 Å². The van der Waals surface area contributed by atoms with Crippen LogP contribution in [0.2, 0.25) is 0 Å². The van der Waals surface area contributed by atoms with Crippen LogP contribution in [0.25, 0.3) is 0 Å². The van der Waals surface area contributed by atoms with E-state index in [0.29, 0.717) is 5.56 Å². The van der Waals surface area contributed by atoms with Crippen LogP contribution in [0.15, 0.2) is 18.5 Å². The van der Waals surface area contributed by atoms with E-state index in [1.807, 2.05) is 20.8 Å². The molecule has 3 heteroatoms. The van der Waals surface area contributed by atoms with Gasteiger partial charge in [0.2, 0.25) is 0 Å². The van der Waals surface area contributed by atoms with Crippen molar-refractivity contribution in [3.63, 3.8) is 0 Å². The highest BCUT2D eigenvalue weighted by molar-refractivity contribution is 5.30. The fourth-order valence-corrected chi connectivity index (χ4v) is 1.26. The van der Waals surface area contributed by atoms with Gasteiger partial charge in [-0.25, -0.2) is 8.78 Å². The molecule has 0 aliphatic rings. The van der Waals surface area contributed by atoms with Crippen LogP contribution in [-0.4, -0.2) is 4.98 Å². The van der Waals surface area contributed by atoms with E-state index < -0.39 is 6.43 Å². The van der Waals surface area contributed by atoms with Crippen LogP contribution in [0.3, 0.4) is 0 Å². The molecule has 0 atom stereocenters. The van der Waals surface area contributed by atoms with Crippen LogP contribution in [-0.2, 0) is 5.41 Å². The predicted octanol–water partition coefficient (Wildman–Crippen LogP) is 3.32. The van der Waals surface area contributed by atoms with Gasteiger partial charge >= 0.3 is 0 Å². The first-order valence-corrected chi connectivity index (χ1v) is 4.15. The summed E-state index contributed by atoms with van der Waals surface area (Å²) in [6, 6.07) is 1.65. The molecular formula is C10H13F2N. The summed E-state index contributed by atoms with van der Waals surface area (Å²) < 4.78 is 25.0. The van der Waals surface area contributed by atoms with Crippen molar-refractivity contribution in [2.24, 2.45) is 0 Å². The molecule has 0 aromatic carbocycles. The fraction of sp³-hybridized carbons (Fsp3) is 0.500. The van der Waals surface area contributed by atoms with Gasteiger partial charge in [-0.2, -0.15) is 0 Å². The number of aromatic nitrogens is 1. The zero-order valence-corrected chi connectivity index (χ0v) is 8.01. The van der Waals surface area contributed by atoms with Gasteiger partial charge in [0.1, 0.15) is 0 Å². The van der Waals surface area contributed by atoms with E-state index >= 15 is 0 Å². The minimum atomic E-state index is -2.44. The molecule has 0 saturated carbocycles. The van der Waals surface area contributed by atoms with E-state index in [0.717, 1.165) is 0 Å². The summed E-state index contributed by atoms with van der Waals surface area (Å²) in [5.74, 6) is 0. The minimum Gasteiger partial charge on any atom is -0.264 e.